The van der Waals surface area contributed by atoms with E-state index in [1.54, 1.807) is 0 Å². The molecule has 2 aromatic rings. The van der Waals surface area contributed by atoms with Gasteiger partial charge in [0.15, 0.2) is 5.76 Å². The summed E-state index contributed by atoms with van der Waals surface area (Å²) < 4.78 is 12.9. The molecule has 0 radical (unpaired) electrons. The van der Waals surface area contributed by atoms with E-state index in [0.717, 1.165) is 22.0 Å². The zero-order chi connectivity index (χ0) is 21.3. The van der Waals surface area contributed by atoms with Crippen LogP contribution >= 0.6 is 15.9 Å². The van der Waals surface area contributed by atoms with Gasteiger partial charge >= 0.3 is 0 Å². The molecule has 1 amide bonds. The lowest BCUT2D eigenvalue weighted by atomic mass is 9.80. The lowest BCUT2D eigenvalue weighted by Gasteiger charge is -2.37. The van der Waals surface area contributed by atoms with E-state index in [-0.39, 0.29) is 30.1 Å². The number of benzene rings is 2. The van der Waals surface area contributed by atoms with E-state index in [1.165, 1.54) is 0 Å². The van der Waals surface area contributed by atoms with E-state index in [2.05, 4.69) is 21.2 Å². The third-order valence-electron chi connectivity index (χ3n) is 5.19. The van der Waals surface area contributed by atoms with E-state index in [0.29, 0.717) is 19.6 Å². The maximum atomic E-state index is 12.9. The van der Waals surface area contributed by atoms with Crippen molar-refractivity contribution in [2.24, 2.45) is 5.92 Å². The van der Waals surface area contributed by atoms with Gasteiger partial charge in [0.1, 0.15) is 0 Å². The van der Waals surface area contributed by atoms with Crippen LogP contribution in [0.3, 0.4) is 0 Å². The number of nitrogens with one attached hydrogen (secondary N) is 1. The van der Waals surface area contributed by atoms with Crippen molar-refractivity contribution in [2.45, 2.75) is 38.5 Å². The van der Waals surface area contributed by atoms with Gasteiger partial charge in [-0.3, -0.25) is 4.79 Å². The maximum Gasteiger partial charge on any atom is 0.286 e. The second-order valence-corrected chi connectivity index (χ2v) is 8.16. The minimum atomic E-state index is -0.544. The summed E-state index contributed by atoms with van der Waals surface area (Å²) in [6.45, 7) is 2.92. The van der Waals surface area contributed by atoms with E-state index in [1.807, 2.05) is 67.6 Å². The molecule has 0 spiro atoms. The standard InChI is InChI=1S/C24H28BrNO4/c1-2-29-24-20(9-6-14-27)21(18-10-12-19(25)13-11-18)15-22(30-24)23(28)26-16-17-7-4-3-5-8-17/h3-5,7-8,10-13,15,20-21,24,27H,2,6,9,14,16H2,1H3,(H,26,28)/t20-,21+,24+/m1/s1. The van der Waals surface area contributed by atoms with Crippen molar-refractivity contribution in [3.8, 4) is 0 Å². The molecule has 3 atom stereocenters. The third-order valence-corrected chi connectivity index (χ3v) is 5.71. The number of aliphatic hydroxyl groups excluding tert-OH is 1. The number of aliphatic hydroxyl groups is 1. The summed E-state index contributed by atoms with van der Waals surface area (Å²) in [5.74, 6) is -0.0276. The molecule has 1 aliphatic heterocycles. The predicted octanol–water partition coefficient (Wildman–Crippen LogP) is 4.51. The predicted molar refractivity (Wildman–Crippen MR) is 120 cm³/mol. The van der Waals surface area contributed by atoms with Crippen molar-refractivity contribution in [1.29, 1.82) is 0 Å². The molecule has 0 unspecified atom stereocenters. The molecule has 0 aromatic heterocycles. The first-order chi connectivity index (χ1) is 14.6. The van der Waals surface area contributed by atoms with Gasteiger partial charge in [-0.2, -0.15) is 0 Å². The Balaban J connectivity index is 1.85. The van der Waals surface area contributed by atoms with Crippen molar-refractivity contribution in [1.82, 2.24) is 5.32 Å². The van der Waals surface area contributed by atoms with Gasteiger partial charge in [0, 0.05) is 36.1 Å². The molecule has 2 N–H and O–H groups in total. The largest absolute Gasteiger partial charge is 0.459 e. The fourth-order valence-corrected chi connectivity index (χ4v) is 3.96. The van der Waals surface area contributed by atoms with Crippen LogP contribution in [0.1, 0.15) is 36.8 Å². The Morgan fingerprint density at radius 2 is 1.90 bits per heavy atom. The lowest BCUT2D eigenvalue weighted by molar-refractivity contribution is -0.166. The molecule has 3 rings (SSSR count). The Morgan fingerprint density at radius 3 is 2.57 bits per heavy atom. The smallest absolute Gasteiger partial charge is 0.286 e. The minimum Gasteiger partial charge on any atom is -0.459 e. The number of allylic oxidation sites excluding steroid dienone is 1. The normalized spacial score (nSPS) is 20.9. The molecule has 2 aromatic carbocycles. The van der Waals surface area contributed by atoms with Gasteiger partial charge in [-0.05, 0) is 49.1 Å². The van der Waals surface area contributed by atoms with Crippen molar-refractivity contribution in [3.63, 3.8) is 0 Å². The molecule has 0 bridgehead atoms. The van der Waals surface area contributed by atoms with E-state index in [4.69, 9.17) is 9.47 Å². The summed E-state index contributed by atoms with van der Waals surface area (Å²) >= 11 is 3.48. The minimum absolute atomic E-state index is 0.00366. The molecule has 0 saturated carbocycles. The summed E-state index contributed by atoms with van der Waals surface area (Å²) in [4.78, 5) is 12.9. The van der Waals surface area contributed by atoms with Crippen LogP contribution in [0.15, 0.2) is 70.9 Å². The molecular formula is C24H28BrNO4. The van der Waals surface area contributed by atoms with Crippen molar-refractivity contribution < 1.29 is 19.4 Å². The highest BCUT2D eigenvalue weighted by Crippen LogP contribution is 2.39. The fraction of sp³-hybridized carbons (Fsp3) is 0.375. The summed E-state index contributed by atoms with van der Waals surface area (Å²) in [7, 11) is 0. The van der Waals surface area contributed by atoms with Crippen LogP contribution < -0.4 is 5.32 Å². The first-order valence-electron chi connectivity index (χ1n) is 10.3. The molecule has 1 heterocycles. The van der Waals surface area contributed by atoms with Crippen molar-refractivity contribution in [2.75, 3.05) is 13.2 Å². The van der Waals surface area contributed by atoms with E-state index >= 15 is 0 Å². The van der Waals surface area contributed by atoms with Gasteiger partial charge in [0.2, 0.25) is 6.29 Å². The topological polar surface area (TPSA) is 67.8 Å². The van der Waals surface area contributed by atoms with Crippen LogP contribution in [-0.4, -0.2) is 30.5 Å². The average molecular weight is 474 g/mol. The number of ether oxygens (including phenoxy) is 2. The summed E-state index contributed by atoms with van der Waals surface area (Å²) in [6, 6.07) is 17.8. The molecule has 1 aliphatic rings. The van der Waals surface area contributed by atoms with Gasteiger partial charge < -0.3 is 19.9 Å². The van der Waals surface area contributed by atoms with E-state index in [9.17, 15) is 9.90 Å². The van der Waals surface area contributed by atoms with Crippen molar-refractivity contribution in [3.05, 3.63) is 82.0 Å². The lowest BCUT2D eigenvalue weighted by Crippen LogP contribution is -2.39. The number of carbonyl (C=O) groups excluding carboxylic acids is 1. The molecule has 6 heteroatoms. The highest BCUT2D eigenvalue weighted by molar-refractivity contribution is 9.10. The van der Waals surface area contributed by atoms with Crippen molar-refractivity contribution >= 4 is 21.8 Å². The molecule has 160 valence electrons. The first-order valence-corrected chi connectivity index (χ1v) is 11.1. The highest BCUT2D eigenvalue weighted by atomic mass is 79.9. The maximum absolute atomic E-state index is 12.9. The van der Waals surface area contributed by atoms with Gasteiger partial charge in [0.05, 0.1) is 0 Å². The Kier molecular flexibility index (Phi) is 8.49. The number of hydrogen-bond acceptors (Lipinski definition) is 4. The number of rotatable bonds is 9. The Hall–Kier alpha value is -2.15. The highest BCUT2D eigenvalue weighted by Gasteiger charge is 2.37. The molecule has 5 nitrogen and oxygen atoms in total. The molecule has 30 heavy (non-hydrogen) atoms. The fourth-order valence-electron chi connectivity index (χ4n) is 3.70. The van der Waals surface area contributed by atoms with Crippen LogP contribution in [-0.2, 0) is 20.8 Å². The second kappa shape index (κ2) is 11.3. The molecule has 0 saturated heterocycles. The first kappa shape index (κ1) is 22.5. The molecule has 0 aliphatic carbocycles. The zero-order valence-electron chi connectivity index (χ0n) is 17.1. The quantitative estimate of drug-likeness (QED) is 0.561. The molecule has 0 fully saturated rings. The van der Waals surface area contributed by atoms with E-state index < -0.39 is 6.29 Å². The van der Waals surface area contributed by atoms with Gasteiger partial charge in [-0.1, -0.05) is 58.4 Å². The SMILES string of the molecule is CCO[C@H]1OC(C(=O)NCc2ccccc2)=C[C@@H](c2ccc(Br)cc2)[C@H]1CCCO. The summed E-state index contributed by atoms with van der Waals surface area (Å²) in [5, 5.41) is 12.3. The number of carbonyl (C=O) groups is 1. The van der Waals surface area contributed by atoms with Crippen LogP contribution in [0.25, 0.3) is 0 Å². The van der Waals surface area contributed by atoms with Crippen LogP contribution in [0.4, 0.5) is 0 Å². The molecular weight excluding hydrogens is 446 g/mol. The third kappa shape index (κ3) is 5.94. The Morgan fingerprint density at radius 1 is 1.17 bits per heavy atom. The van der Waals surface area contributed by atoms with Gasteiger partial charge in [-0.25, -0.2) is 0 Å². The Labute approximate surface area is 186 Å². The monoisotopic (exact) mass is 473 g/mol. The number of halogens is 1. The number of hydrogen-bond donors (Lipinski definition) is 2. The summed E-state index contributed by atoms with van der Waals surface area (Å²) in [6.07, 6.45) is 2.73. The van der Waals surface area contributed by atoms with Crippen LogP contribution in [0, 0.1) is 5.92 Å². The van der Waals surface area contributed by atoms with Crippen LogP contribution in [0.2, 0.25) is 0 Å². The van der Waals surface area contributed by atoms with Gasteiger partial charge in [0.25, 0.3) is 5.91 Å². The number of amides is 1. The second-order valence-electron chi connectivity index (χ2n) is 7.25. The average Bonchev–Trinajstić information content (AvgIpc) is 2.77. The van der Waals surface area contributed by atoms with Crippen LogP contribution in [0.5, 0.6) is 0 Å². The summed E-state index contributed by atoms with van der Waals surface area (Å²) in [5.41, 5.74) is 2.11. The Bertz CT molecular complexity index is 838. The zero-order valence-corrected chi connectivity index (χ0v) is 18.7. The van der Waals surface area contributed by atoms with Gasteiger partial charge in [-0.15, -0.1) is 0 Å².